The van der Waals surface area contributed by atoms with Gasteiger partial charge < -0.3 is 10.2 Å². The van der Waals surface area contributed by atoms with E-state index in [1.54, 1.807) is 0 Å². The van der Waals surface area contributed by atoms with E-state index in [2.05, 4.69) is 58.5 Å². The third-order valence-corrected chi connectivity index (χ3v) is 4.94. The van der Waals surface area contributed by atoms with Gasteiger partial charge in [-0.1, -0.05) is 43.2 Å². The maximum Gasteiger partial charge on any atom is 0.224 e. The average molecular weight is 352 g/mol. The highest BCUT2D eigenvalue weighted by atomic mass is 16.1. The summed E-state index contributed by atoms with van der Waals surface area (Å²) in [5.74, 6) is 1.07. The summed E-state index contributed by atoms with van der Waals surface area (Å²) in [6, 6.07) is 12.3. The Labute approximate surface area is 155 Å². The quantitative estimate of drug-likeness (QED) is 0.807. The van der Waals surface area contributed by atoms with Gasteiger partial charge in [0.1, 0.15) is 0 Å². The largest absolute Gasteiger partial charge is 0.356 e. The molecule has 2 heterocycles. The van der Waals surface area contributed by atoms with Crippen molar-refractivity contribution in [2.45, 2.75) is 39.5 Å². The Hall–Kier alpha value is -2.43. The van der Waals surface area contributed by atoms with Crippen molar-refractivity contribution in [1.82, 2.24) is 15.5 Å². The Morgan fingerprint density at radius 1 is 1.19 bits per heavy atom. The van der Waals surface area contributed by atoms with Gasteiger partial charge in [0.2, 0.25) is 5.91 Å². The maximum atomic E-state index is 12.3. The van der Waals surface area contributed by atoms with E-state index in [1.165, 1.54) is 5.56 Å². The van der Waals surface area contributed by atoms with Gasteiger partial charge in [-0.15, -0.1) is 10.2 Å². The zero-order valence-corrected chi connectivity index (χ0v) is 15.7. The predicted molar refractivity (Wildman–Crippen MR) is 105 cm³/mol. The number of carbonyl (C=O) groups excluding carboxylic acids is 1. The normalized spacial score (nSPS) is 17.2. The molecule has 3 rings (SSSR count). The molecule has 5 heteroatoms. The summed E-state index contributed by atoms with van der Waals surface area (Å²) in [5.41, 5.74) is 3.18. The van der Waals surface area contributed by atoms with Crippen molar-refractivity contribution in [2.75, 3.05) is 24.5 Å². The molecule has 1 aromatic carbocycles. The Balaban J connectivity index is 1.63. The van der Waals surface area contributed by atoms with Crippen molar-refractivity contribution in [1.29, 1.82) is 0 Å². The van der Waals surface area contributed by atoms with Crippen LogP contribution in [0.3, 0.4) is 0 Å². The number of piperidine rings is 1. The van der Waals surface area contributed by atoms with Gasteiger partial charge in [0.25, 0.3) is 0 Å². The average Bonchev–Trinajstić information content (AvgIpc) is 2.69. The fraction of sp³-hybridized carbons (Fsp3) is 0.476. The number of anilines is 1. The molecule has 2 aromatic rings. The first kappa shape index (κ1) is 18.4. The molecule has 1 saturated heterocycles. The first-order valence-corrected chi connectivity index (χ1v) is 9.61. The first-order valence-electron chi connectivity index (χ1n) is 9.61. The molecule has 26 heavy (non-hydrogen) atoms. The Bertz CT molecular complexity index is 712. The highest BCUT2D eigenvalue weighted by molar-refractivity contribution is 5.79. The van der Waals surface area contributed by atoms with Crippen LogP contribution in [-0.2, 0) is 4.79 Å². The van der Waals surface area contributed by atoms with Gasteiger partial charge in [0.15, 0.2) is 5.82 Å². The van der Waals surface area contributed by atoms with Crippen molar-refractivity contribution in [3.05, 3.63) is 42.0 Å². The molecule has 0 saturated carbocycles. The predicted octanol–water partition coefficient (Wildman–Crippen LogP) is 3.58. The molecule has 1 N–H and O–H groups in total. The number of benzene rings is 1. The van der Waals surface area contributed by atoms with Gasteiger partial charge in [0.05, 0.1) is 11.6 Å². The van der Waals surface area contributed by atoms with E-state index in [0.717, 1.165) is 62.4 Å². The number of aromatic nitrogens is 2. The molecule has 1 aliphatic heterocycles. The number of rotatable bonds is 6. The monoisotopic (exact) mass is 352 g/mol. The first-order chi connectivity index (χ1) is 12.7. The van der Waals surface area contributed by atoms with Crippen LogP contribution in [-0.4, -0.2) is 35.7 Å². The fourth-order valence-corrected chi connectivity index (χ4v) is 3.30. The zero-order valence-electron chi connectivity index (χ0n) is 15.7. The number of unbranched alkanes of at least 4 members (excludes halogenated alkanes) is 1. The van der Waals surface area contributed by atoms with Gasteiger partial charge in [-0.05, 0) is 38.3 Å². The lowest BCUT2D eigenvalue weighted by Gasteiger charge is -2.32. The van der Waals surface area contributed by atoms with Crippen LogP contribution in [0.25, 0.3) is 11.3 Å². The molecule has 138 valence electrons. The van der Waals surface area contributed by atoms with E-state index < -0.39 is 0 Å². The minimum Gasteiger partial charge on any atom is -0.356 e. The Morgan fingerprint density at radius 3 is 2.69 bits per heavy atom. The van der Waals surface area contributed by atoms with Crippen LogP contribution < -0.4 is 10.2 Å². The lowest BCUT2D eigenvalue weighted by Crippen LogP contribution is -2.43. The maximum absolute atomic E-state index is 12.3. The lowest BCUT2D eigenvalue weighted by atomic mass is 9.97. The highest BCUT2D eigenvalue weighted by Gasteiger charge is 2.26. The topological polar surface area (TPSA) is 58.1 Å². The molecular weight excluding hydrogens is 324 g/mol. The van der Waals surface area contributed by atoms with E-state index >= 15 is 0 Å². The highest BCUT2D eigenvalue weighted by Crippen LogP contribution is 2.23. The van der Waals surface area contributed by atoms with Crippen LogP contribution in [0.5, 0.6) is 0 Å². The summed E-state index contributed by atoms with van der Waals surface area (Å²) < 4.78 is 0. The van der Waals surface area contributed by atoms with Gasteiger partial charge in [-0.25, -0.2) is 0 Å². The van der Waals surface area contributed by atoms with Crippen molar-refractivity contribution in [3.8, 4) is 11.3 Å². The molecule has 1 fully saturated rings. The number of hydrogen-bond acceptors (Lipinski definition) is 4. The third-order valence-electron chi connectivity index (χ3n) is 4.94. The second-order valence-electron chi connectivity index (χ2n) is 7.07. The molecule has 0 spiro atoms. The van der Waals surface area contributed by atoms with Crippen molar-refractivity contribution < 1.29 is 4.79 Å². The lowest BCUT2D eigenvalue weighted by molar-refractivity contribution is -0.125. The minimum atomic E-state index is 0.0409. The van der Waals surface area contributed by atoms with E-state index in [9.17, 15) is 4.79 Å². The Kier molecular flexibility index (Phi) is 6.21. The molecule has 1 aliphatic rings. The molecular formula is C21H28N4O. The number of nitrogens with one attached hydrogen (secondary N) is 1. The molecule has 0 unspecified atom stereocenters. The smallest absolute Gasteiger partial charge is 0.224 e. The van der Waals surface area contributed by atoms with Gasteiger partial charge in [-0.3, -0.25) is 4.79 Å². The number of aryl methyl sites for hydroxylation is 1. The molecule has 1 aromatic heterocycles. The van der Waals surface area contributed by atoms with Crippen molar-refractivity contribution in [3.63, 3.8) is 0 Å². The Morgan fingerprint density at radius 2 is 2.00 bits per heavy atom. The van der Waals surface area contributed by atoms with Crippen LogP contribution in [0.4, 0.5) is 5.82 Å². The number of carbonyl (C=O) groups is 1. The van der Waals surface area contributed by atoms with Crippen molar-refractivity contribution >= 4 is 11.7 Å². The van der Waals surface area contributed by atoms with E-state index in [-0.39, 0.29) is 11.8 Å². The van der Waals surface area contributed by atoms with Crippen LogP contribution >= 0.6 is 0 Å². The zero-order chi connectivity index (χ0) is 18.4. The second-order valence-corrected chi connectivity index (χ2v) is 7.07. The summed E-state index contributed by atoms with van der Waals surface area (Å²) in [7, 11) is 0. The van der Waals surface area contributed by atoms with Crippen LogP contribution in [0.2, 0.25) is 0 Å². The molecule has 5 nitrogen and oxygen atoms in total. The van der Waals surface area contributed by atoms with E-state index in [1.807, 2.05) is 12.1 Å². The van der Waals surface area contributed by atoms with Gasteiger partial charge in [0, 0.05) is 25.2 Å². The standard InChI is InChI=1S/C21H28N4O/c1-3-4-13-22-21(26)18-6-5-14-25(15-18)20-12-11-19(23-24-20)17-9-7-16(2)8-10-17/h7-12,18H,3-6,13-15H2,1-2H3,(H,22,26)/t18-/m0/s1. The number of amides is 1. The molecule has 0 bridgehead atoms. The van der Waals surface area contributed by atoms with Gasteiger partial charge >= 0.3 is 0 Å². The second kappa shape index (κ2) is 8.79. The van der Waals surface area contributed by atoms with Crippen molar-refractivity contribution in [2.24, 2.45) is 5.92 Å². The minimum absolute atomic E-state index is 0.0409. The number of nitrogens with zero attached hydrogens (tertiary/aromatic N) is 3. The summed E-state index contributed by atoms with van der Waals surface area (Å²) >= 11 is 0. The number of hydrogen-bond donors (Lipinski definition) is 1. The van der Waals surface area contributed by atoms with Crippen LogP contribution in [0.1, 0.15) is 38.2 Å². The fourth-order valence-electron chi connectivity index (χ4n) is 3.30. The molecule has 0 aliphatic carbocycles. The SMILES string of the molecule is CCCCNC(=O)[C@H]1CCCN(c2ccc(-c3ccc(C)cc3)nn2)C1. The summed E-state index contributed by atoms with van der Waals surface area (Å²) in [6.45, 7) is 6.63. The summed E-state index contributed by atoms with van der Waals surface area (Å²) in [6.07, 6.45) is 4.09. The molecule has 1 amide bonds. The summed E-state index contributed by atoms with van der Waals surface area (Å²) in [4.78, 5) is 14.5. The van der Waals surface area contributed by atoms with E-state index in [4.69, 9.17) is 0 Å². The molecule has 1 atom stereocenters. The van der Waals surface area contributed by atoms with Crippen LogP contribution in [0.15, 0.2) is 36.4 Å². The molecule has 0 radical (unpaired) electrons. The third kappa shape index (κ3) is 4.59. The van der Waals surface area contributed by atoms with Gasteiger partial charge in [-0.2, -0.15) is 0 Å². The summed E-state index contributed by atoms with van der Waals surface area (Å²) in [5, 5.41) is 11.9. The van der Waals surface area contributed by atoms with E-state index in [0.29, 0.717) is 0 Å². The van der Waals surface area contributed by atoms with Crippen LogP contribution in [0, 0.1) is 12.8 Å².